The number of likely N-dealkylation sites (tertiary alicyclic amines) is 1. The van der Waals surface area contributed by atoms with Gasteiger partial charge in [-0.15, -0.1) is 13.2 Å². The van der Waals surface area contributed by atoms with E-state index in [0.29, 0.717) is 25.0 Å². The van der Waals surface area contributed by atoms with Gasteiger partial charge in [-0.1, -0.05) is 52.6 Å². The lowest BCUT2D eigenvalue weighted by Crippen LogP contribution is -2.44. The van der Waals surface area contributed by atoms with Crippen LogP contribution in [-0.4, -0.2) is 42.1 Å². The molecule has 2 aliphatic rings. The van der Waals surface area contributed by atoms with E-state index in [2.05, 4.69) is 14.8 Å². The standard InChI is InChI=1S/C23H21Cl2F3N2O4/c24-18-9-16(10-19(25)21(18)33-23(26,27)28)12-30-7-5-22(6-8-30)11-20(29-34-22)17-3-1-15(2-4-17)13-32-14-31/h1-4,9-10,14H,5-8,11-13H2. The third-order valence-corrected chi connectivity index (χ3v) is 6.46. The molecule has 2 aliphatic heterocycles. The van der Waals surface area contributed by atoms with E-state index in [9.17, 15) is 18.0 Å². The van der Waals surface area contributed by atoms with Gasteiger partial charge < -0.3 is 14.3 Å². The Balaban J connectivity index is 1.32. The van der Waals surface area contributed by atoms with Crippen LogP contribution in [-0.2, 0) is 27.5 Å². The lowest BCUT2D eigenvalue weighted by molar-refractivity contribution is -0.274. The average Bonchev–Trinajstić information content (AvgIpc) is 3.20. The molecular weight excluding hydrogens is 496 g/mol. The van der Waals surface area contributed by atoms with E-state index in [4.69, 9.17) is 32.8 Å². The highest BCUT2D eigenvalue weighted by molar-refractivity contribution is 6.37. The van der Waals surface area contributed by atoms with Crippen LogP contribution in [0.3, 0.4) is 0 Å². The second-order valence-corrected chi connectivity index (χ2v) is 9.12. The van der Waals surface area contributed by atoms with Crippen molar-refractivity contribution in [3.8, 4) is 5.75 Å². The van der Waals surface area contributed by atoms with Gasteiger partial charge >= 0.3 is 6.36 Å². The van der Waals surface area contributed by atoms with Gasteiger partial charge in [0.2, 0.25) is 0 Å². The van der Waals surface area contributed by atoms with E-state index in [1.807, 2.05) is 24.3 Å². The van der Waals surface area contributed by atoms with Gasteiger partial charge in [-0.2, -0.15) is 0 Å². The van der Waals surface area contributed by atoms with Crippen LogP contribution in [0.5, 0.6) is 5.75 Å². The molecule has 0 bridgehead atoms. The summed E-state index contributed by atoms with van der Waals surface area (Å²) in [5.74, 6) is -0.592. The third kappa shape index (κ3) is 5.95. The minimum Gasteiger partial charge on any atom is -0.463 e. The van der Waals surface area contributed by atoms with Crippen molar-refractivity contribution in [1.29, 1.82) is 0 Å². The van der Waals surface area contributed by atoms with Gasteiger partial charge in [0.25, 0.3) is 6.47 Å². The number of benzene rings is 2. The molecule has 0 unspecified atom stereocenters. The summed E-state index contributed by atoms with van der Waals surface area (Å²) in [5, 5.41) is 3.94. The minimum absolute atomic E-state index is 0.186. The molecule has 1 fully saturated rings. The molecule has 1 spiro atoms. The zero-order valence-electron chi connectivity index (χ0n) is 17.9. The van der Waals surface area contributed by atoms with Crippen LogP contribution in [0.2, 0.25) is 10.0 Å². The summed E-state index contributed by atoms with van der Waals surface area (Å²) in [5.41, 5.74) is 3.04. The van der Waals surface area contributed by atoms with Gasteiger partial charge in [-0.25, -0.2) is 0 Å². The molecule has 2 aromatic rings. The van der Waals surface area contributed by atoms with Gasteiger partial charge in [-0.3, -0.25) is 9.69 Å². The molecule has 2 aromatic carbocycles. The molecule has 0 amide bonds. The van der Waals surface area contributed by atoms with E-state index in [1.54, 1.807) is 0 Å². The molecule has 0 radical (unpaired) electrons. The lowest BCUT2D eigenvalue weighted by atomic mass is 9.85. The van der Waals surface area contributed by atoms with Crippen LogP contribution in [0.15, 0.2) is 41.6 Å². The molecular formula is C23H21Cl2F3N2O4. The summed E-state index contributed by atoms with van der Waals surface area (Å²) in [6, 6.07) is 10.5. The fourth-order valence-electron chi connectivity index (χ4n) is 4.16. The van der Waals surface area contributed by atoms with Crippen LogP contribution in [0.25, 0.3) is 0 Å². The quantitative estimate of drug-likeness (QED) is 0.440. The molecule has 0 aliphatic carbocycles. The minimum atomic E-state index is -4.87. The summed E-state index contributed by atoms with van der Waals surface area (Å²) in [6.07, 6.45) is -2.68. The Morgan fingerprint density at radius 1 is 1.09 bits per heavy atom. The molecule has 0 saturated carbocycles. The second kappa shape index (κ2) is 10.0. The smallest absolute Gasteiger partial charge is 0.463 e. The number of nitrogens with zero attached hydrogens (tertiary/aromatic N) is 2. The highest BCUT2D eigenvalue weighted by Gasteiger charge is 2.42. The Morgan fingerprint density at radius 3 is 2.32 bits per heavy atom. The SMILES string of the molecule is O=COCc1ccc(C2=NOC3(CCN(Cc4cc(Cl)c(OC(F)(F)F)c(Cl)c4)CC3)C2)cc1. The van der Waals surface area contributed by atoms with Gasteiger partial charge in [0.15, 0.2) is 5.75 Å². The normalized spacial score (nSPS) is 17.9. The highest BCUT2D eigenvalue weighted by atomic mass is 35.5. The molecule has 0 N–H and O–H groups in total. The maximum atomic E-state index is 12.5. The Labute approximate surface area is 204 Å². The van der Waals surface area contributed by atoms with E-state index >= 15 is 0 Å². The highest BCUT2D eigenvalue weighted by Crippen LogP contribution is 2.39. The maximum Gasteiger partial charge on any atom is 0.573 e. The molecule has 0 aromatic heterocycles. The van der Waals surface area contributed by atoms with Gasteiger partial charge in [0.1, 0.15) is 12.2 Å². The number of halogens is 5. The molecule has 11 heteroatoms. The van der Waals surface area contributed by atoms with Crippen molar-refractivity contribution in [3.05, 3.63) is 63.1 Å². The van der Waals surface area contributed by atoms with E-state index in [1.165, 1.54) is 12.1 Å². The van der Waals surface area contributed by atoms with Crippen molar-refractivity contribution in [2.75, 3.05) is 13.1 Å². The van der Waals surface area contributed by atoms with Crippen LogP contribution >= 0.6 is 23.2 Å². The van der Waals surface area contributed by atoms with Crippen molar-refractivity contribution in [3.63, 3.8) is 0 Å². The van der Waals surface area contributed by atoms with Crippen molar-refractivity contribution >= 4 is 35.4 Å². The number of ether oxygens (including phenoxy) is 2. The van der Waals surface area contributed by atoms with Crippen LogP contribution < -0.4 is 4.74 Å². The number of rotatable bonds is 7. The van der Waals surface area contributed by atoms with Crippen molar-refractivity contribution in [2.45, 2.75) is 44.4 Å². The molecule has 182 valence electrons. The third-order valence-electron chi connectivity index (χ3n) is 5.89. The van der Waals surface area contributed by atoms with Gasteiger partial charge in [-0.05, 0) is 28.8 Å². The molecule has 0 atom stereocenters. The number of carbonyl (C=O) groups excluding carboxylic acids is 1. The maximum absolute atomic E-state index is 12.5. The number of piperidine rings is 1. The summed E-state index contributed by atoms with van der Waals surface area (Å²) < 4.78 is 46.3. The Morgan fingerprint density at radius 2 is 1.74 bits per heavy atom. The van der Waals surface area contributed by atoms with Crippen LogP contribution in [0.4, 0.5) is 13.2 Å². The van der Waals surface area contributed by atoms with E-state index in [-0.39, 0.29) is 22.3 Å². The first-order valence-electron chi connectivity index (χ1n) is 10.5. The fourth-order valence-corrected chi connectivity index (χ4v) is 4.77. The topological polar surface area (TPSA) is 60.4 Å². The lowest BCUT2D eigenvalue weighted by Gasteiger charge is -2.37. The van der Waals surface area contributed by atoms with E-state index < -0.39 is 12.1 Å². The summed E-state index contributed by atoms with van der Waals surface area (Å²) in [7, 11) is 0. The van der Waals surface area contributed by atoms with Crippen molar-refractivity contribution in [2.24, 2.45) is 5.16 Å². The number of hydrogen-bond acceptors (Lipinski definition) is 6. The predicted molar refractivity (Wildman–Crippen MR) is 120 cm³/mol. The Kier molecular flexibility index (Phi) is 7.25. The van der Waals surface area contributed by atoms with Crippen LogP contribution in [0.1, 0.15) is 36.0 Å². The number of alkyl halides is 3. The molecule has 1 saturated heterocycles. The summed E-state index contributed by atoms with van der Waals surface area (Å²) in [4.78, 5) is 18.4. The van der Waals surface area contributed by atoms with Gasteiger partial charge in [0, 0.05) is 38.9 Å². The predicted octanol–water partition coefficient (Wildman–Crippen LogP) is 5.72. The van der Waals surface area contributed by atoms with Crippen molar-refractivity contribution < 1.29 is 32.3 Å². The zero-order chi connectivity index (χ0) is 24.3. The summed E-state index contributed by atoms with van der Waals surface area (Å²) in [6.45, 7) is 2.57. The van der Waals surface area contributed by atoms with Gasteiger partial charge in [0.05, 0.1) is 15.8 Å². The van der Waals surface area contributed by atoms with Crippen LogP contribution in [0, 0.1) is 0 Å². The monoisotopic (exact) mass is 516 g/mol. The molecule has 4 rings (SSSR count). The second-order valence-electron chi connectivity index (χ2n) is 8.31. The Bertz CT molecular complexity index is 1050. The molecule has 6 nitrogen and oxygen atoms in total. The Hall–Kier alpha value is -2.49. The summed E-state index contributed by atoms with van der Waals surface area (Å²) >= 11 is 12.0. The molecule has 34 heavy (non-hydrogen) atoms. The van der Waals surface area contributed by atoms with E-state index in [0.717, 1.165) is 42.8 Å². The molecule has 2 heterocycles. The first kappa shape index (κ1) is 24.6. The van der Waals surface area contributed by atoms with Crippen molar-refractivity contribution in [1.82, 2.24) is 4.90 Å². The largest absolute Gasteiger partial charge is 0.573 e. The first-order valence-corrected chi connectivity index (χ1v) is 11.3. The average molecular weight is 517 g/mol. The number of oxime groups is 1. The number of hydrogen-bond donors (Lipinski definition) is 0. The fraction of sp³-hybridized carbons (Fsp3) is 0.391. The zero-order valence-corrected chi connectivity index (χ0v) is 19.4. The first-order chi connectivity index (χ1) is 16.2. The number of carbonyl (C=O) groups is 1.